The molecule has 3 aromatic rings. The lowest BCUT2D eigenvalue weighted by Crippen LogP contribution is -2.15. The van der Waals surface area contributed by atoms with E-state index in [1.165, 1.54) is 6.92 Å². The Hall–Kier alpha value is -4.20. The molecule has 180 valence electrons. The molecule has 35 heavy (non-hydrogen) atoms. The summed E-state index contributed by atoms with van der Waals surface area (Å²) < 4.78 is 22.9. The average molecular weight is 474 g/mol. The van der Waals surface area contributed by atoms with Crippen molar-refractivity contribution in [3.63, 3.8) is 0 Å². The molecule has 1 aliphatic rings. The molecule has 0 bridgehead atoms. The Morgan fingerprint density at radius 2 is 1.69 bits per heavy atom. The van der Waals surface area contributed by atoms with E-state index in [0.29, 0.717) is 40.8 Å². The Morgan fingerprint density at radius 3 is 2.40 bits per heavy atom. The van der Waals surface area contributed by atoms with Crippen LogP contribution >= 0.6 is 0 Å². The van der Waals surface area contributed by atoms with Gasteiger partial charge in [-0.2, -0.15) is 0 Å². The van der Waals surface area contributed by atoms with Gasteiger partial charge >= 0.3 is 5.97 Å². The monoisotopic (exact) mass is 473 g/mol. The molecular formula is C27H27N3O5. The minimum Gasteiger partial charge on any atom is -0.493 e. The summed E-state index contributed by atoms with van der Waals surface area (Å²) in [5, 5.41) is 0. The number of rotatable bonds is 7. The van der Waals surface area contributed by atoms with E-state index in [4.69, 9.17) is 18.9 Å². The van der Waals surface area contributed by atoms with Crippen LogP contribution in [-0.2, 0) is 16.0 Å². The van der Waals surface area contributed by atoms with Crippen molar-refractivity contribution in [2.45, 2.75) is 33.3 Å². The van der Waals surface area contributed by atoms with Crippen molar-refractivity contribution in [2.24, 2.45) is 4.99 Å². The Balaban J connectivity index is 1.71. The average Bonchev–Trinajstić information content (AvgIpc) is 3.03. The first-order valence-electron chi connectivity index (χ1n) is 11.1. The van der Waals surface area contributed by atoms with E-state index in [2.05, 4.69) is 15.0 Å². The third kappa shape index (κ3) is 5.48. The normalized spacial score (nSPS) is 13.2. The van der Waals surface area contributed by atoms with Gasteiger partial charge in [0.2, 0.25) is 0 Å². The molecule has 3 heterocycles. The Kier molecular flexibility index (Phi) is 7.10. The Bertz CT molecular complexity index is 1320. The van der Waals surface area contributed by atoms with E-state index >= 15 is 0 Å². The highest BCUT2D eigenvalue weighted by Crippen LogP contribution is 2.38. The quantitative estimate of drug-likeness (QED) is 0.447. The number of allylic oxidation sites excluding steroid dienone is 2. The number of fused-ring (bicyclic) bond motifs is 1. The fourth-order valence-electron chi connectivity index (χ4n) is 3.80. The molecule has 8 nitrogen and oxygen atoms in total. The zero-order valence-corrected chi connectivity index (χ0v) is 20.4. The number of aliphatic imine (C=N–C) groups is 1. The summed E-state index contributed by atoms with van der Waals surface area (Å²) in [5.74, 6) is 1.89. The van der Waals surface area contributed by atoms with Crippen LogP contribution < -0.4 is 14.2 Å². The molecule has 0 fully saturated rings. The SMILES string of the molecule is COc1cc2c(cc1OC)N=CC=C(Oc1ccc(C)nc1C(OC(C)=O)c1cccc(C)n1)C2. The molecule has 1 aromatic carbocycles. The summed E-state index contributed by atoms with van der Waals surface area (Å²) >= 11 is 0. The summed E-state index contributed by atoms with van der Waals surface area (Å²) in [6.45, 7) is 5.11. The van der Waals surface area contributed by atoms with Crippen molar-refractivity contribution in [1.82, 2.24) is 9.97 Å². The van der Waals surface area contributed by atoms with Crippen LogP contribution in [0.4, 0.5) is 5.69 Å². The van der Waals surface area contributed by atoms with Crippen LogP contribution in [-0.4, -0.2) is 36.4 Å². The second-order valence-corrected chi connectivity index (χ2v) is 8.06. The second kappa shape index (κ2) is 10.4. The van der Waals surface area contributed by atoms with Gasteiger partial charge in [0.15, 0.2) is 23.4 Å². The number of aryl methyl sites for hydroxylation is 2. The van der Waals surface area contributed by atoms with Crippen LogP contribution in [0.2, 0.25) is 0 Å². The lowest BCUT2D eigenvalue weighted by atomic mass is 10.1. The summed E-state index contributed by atoms with van der Waals surface area (Å²) in [4.78, 5) is 25.8. The summed E-state index contributed by atoms with van der Waals surface area (Å²) in [6, 6.07) is 12.9. The molecule has 1 aliphatic heterocycles. The number of nitrogens with zero attached hydrogens (tertiary/aromatic N) is 3. The second-order valence-electron chi connectivity index (χ2n) is 8.06. The molecule has 4 rings (SSSR count). The maximum Gasteiger partial charge on any atom is 0.303 e. The van der Waals surface area contributed by atoms with Crippen LogP contribution in [0.1, 0.15) is 41.4 Å². The number of pyridine rings is 2. The maximum absolute atomic E-state index is 12.0. The molecule has 0 saturated heterocycles. The van der Waals surface area contributed by atoms with Crippen molar-refractivity contribution < 1.29 is 23.7 Å². The van der Waals surface area contributed by atoms with Gasteiger partial charge < -0.3 is 18.9 Å². The lowest BCUT2D eigenvalue weighted by molar-refractivity contribution is -0.145. The number of hydrogen-bond acceptors (Lipinski definition) is 8. The van der Waals surface area contributed by atoms with Gasteiger partial charge in [0.05, 0.1) is 25.6 Å². The fourth-order valence-corrected chi connectivity index (χ4v) is 3.80. The third-order valence-electron chi connectivity index (χ3n) is 5.40. The van der Waals surface area contributed by atoms with E-state index in [1.54, 1.807) is 26.5 Å². The first kappa shape index (κ1) is 23.9. The Morgan fingerprint density at radius 1 is 0.943 bits per heavy atom. The smallest absolute Gasteiger partial charge is 0.303 e. The molecular weight excluding hydrogens is 446 g/mol. The zero-order valence-electron chi connectivity index (χ0n) is 20.4. The number of ether oxygens (including phenoxy) is 4. The number of esters is 1. The highest BCUT2D eigenvalue weighted by Gasteiger charge is 2.26. The Labute approximate surface area is 204 Å². The topological polar surface area (TPSA) is 92.1 Å². The number of methoxy groups -OCH3 is 2. The number of carbonyl (C=O) groups excluding carboxylic acids is 1. The van der Waals surface area contributed by atoms with Gasteiger partial charge in [0.1, 0.15) is 11.5 Å². The van der Waals surface area contributed by atoms with E-state index in [-0.39, 0.29) is 0 Å². The first-order valence-corrected chi connectivity index (χ1v) is 11.1. The van der Waals surface area contributed by atoms with Gasteiger partial charge in [-0.15, -0.1) is 0 Å². The minimum absolute atomic E-state index is 0.441. The van der Waals surface area contributed by atoms with Gasteiger partial charge in [-0.05, 0) is 55.8 Å². The summed E-state index contributed by atoms with van der Waals surface area (Å²) in [7, 11) is 3.18. The van der Waals surface area contributed by atoms with Gasteiger partial charge in [-0.3, -0.25) is 14.8 Å². The highest BCUT2D eigenvalue weighted by molar-refractivity contribution is 5.78. The van der Waals surface area contributed by atoms with Gasteiger partial charge in [0.25, 0.3) is 0 Å². The van der Waals surface area contributed by atoms with Crippen molar-refractivity contribution >= 4 is 17.9 Å². The molecule has 1 atom stereocenters. The van der Waals surface area contributed by atoms with E-state index < -0.39 is 12.1 Å². The van der Waals surface area contributed by atoms with E-state index in [0.717, 1.165) is 22.6 Å². The van der Waals surface area contributed by atoms with Gasteiger partial charge in [-0.25, -0.2) is 4.98 Å². The molecule has 0 aliphatic carbocycles. The third-order valence-corrected chi connectivity index (χ3v) is 5.40. The molecule has 0 N–H and O–H groups in total. The standard InChI is InChI=1S/C27H27N3O5/c1-16-7-6-8-21(29-16)27(34-18(3)31)26-23(10-9-17(2)30-26)35-20-11-12-28-22-15-25(33-5)24(32-4)14-19(22)13-20/h6-12,14-15,27H,13H2,1-5H3. The molecule has 8 heteroatoms. The maximum atomic E-state index is 12.0. The number of hydrogen-bond donors (Lipinski definition) is 0. The zero-order chi connectivity index (χ0) is 24.9. The van der Waals surface area contributed by atoms with Crippen LogP contribution in [0.3, 0.4) is 0 Å². The molecule has 0 spiro atoms. The van der Waals surface area contributed by atoms with Crippen LogP contribution in [0, 0.1) is 13.8 Å². The van der Waals surface area contributed by atoms with Crippen LogP contribution in [0.15, 0.2) is 59.3 Å². The van der Waals surface area contributed by atoms with Crippen molar-refractivity contribution in [2.75, 3.05) is 14.2 Å². The van der Waals surface area contributed by atoms with Crippen molar-refractivity contribution in [3.8, 4) is 17.2 Å². The predicted octanol–water partition coefficient (Wildman–Crippen LogP) is 4.98. The van der Waals surface area contributed by atoms with E-state index in [1.807, 2.05) is 56.3 Å². The fraction of sp³-hybridized carbons (Fsp3) is 0.259. The number of carbonyl (C=O) groups is 1. The predicted molar refractivity (Wildman–Crippen MR) is 132 cm³/mol. The molecule has 0 radical (unpaired) electrons. The van der Waals surface area contributed by atoms with E-state index in [9.17, 15) is 4.79 Å². The van der Waals surface area contributed by atoms with Crippen molar-refractivity contribution in [1.29, 1.82) is 0 Å². The molecule has 2 aromatic heterocycles. The molecule has 0 saturated carbocycles. The highest BCUT2D eigenvalue weighted by atomic mass is 16.5. The first-order chi connectivity index (χ1) is 16.9. The van der Waals surface area contributed by atoms with Crippen molar-refractivity contribution in [3.05, 3.63) is 82.6 Å². The van der Waals surface area contributed by atoms with Gasteiger partial charge in [-0.1, -0.05) is 6.07 Å². The molecule has 1 unspecified atom stereocenters. The summed E-state index contributed by atoms with van der Waals surface area (Å²) in [5.41, 5.74) is 4.28. The summed E-state index contributed by atoms with van der Waals surface area (Å²) in [6.07, 6.45) is 3.12. The number of benzene rings is 1. The van der Waals surface area contributed by atoms with Gasteiger partial charge in [0, 0.05) is 37.0 Å². The van der Waals surface area contributed by atoms with Crippen LogP contribution in [0.25, 0.3) is 0 Å². The largest absolute Gasteiger partial charge is 0.493 e. The van der Waals surface area contributed by atoms with Crippen LogP contribution in [0.5, 0.6) is 17.2 Å². The lowest BCUT2D eigenvalue weighted by Gasteiger charge is -2.21. The number of aromatic nitrogens is 2. The molecule has 0 amide bonds. The minimum atomic E-state index is -0.820.